The molecule has 186 valence electrons. The van der Waals surface area contributed by atoms with Crippen molar-refractivity contribution < 1.29 is 31.9 Å². The van der Waals surface area contributed by atoms with Gasteiger partial charge in [-0.3, -0.25) is 19.3 Å². The Morgan fingerprint density at radius 3 is 2.40 bits per heavy atom. The lowest BCUT2D eigenvalue weighted by Crippen LogP contribution is -2.37. The molecule has 0 unspecified atom stereocenters. The fraction of sp³-hybridized carbons (Fsp3) is 0.227. The quantitative estimate of drug-likeness (QED) is 0.247. The Balaban J connectivity index is 1.87. The lowest BCUT2D eigenvalue weighted by molar-refractivity contribution is -0.128. The Labute approximate surface area is 211 Å². The van der Waals surface area contributed by atoms with Crippen molar-refractivity contribution in [2.75, 3.05) is 22.1 Å². The normalized spacial score (nSPS) is 15.9. The zero-order chi connectivity index (χ0) is 26.1. The molecule has 1 atom stereocenters. The van der Waals surface area contributed by atoms with Crippen molar-refractivity contribution in [2.24, 2.45) is 5.92 Å². The number of amides is 3. The second kappa shape index (κ2) is 10.4. The fourth-order valence-electron chi connectivity index (χ4n) is 3.12. The zero-order valence-electron chi connectivity index (χ0n) is 17.6. The largest absolute Gasteiger partial charge is 0.326 e. The zero-order valence-corrected chi connectivity index (χ0v) is 19.8. The van der Waals surface area contributed by atoms with Crippen LogP contribution in [0.1, 0.15) is 16.8 Å². The van der Waals surface area contributed by atoms with Crippen LogP contribution in [0, 0.1) is 17.6 Å². The Morgan fingerprint density at radius 1 is 1.17 bits per heavy atom. The first-order valence-corrected chi connectivity index (χ1v) is 11.0. The maximum Gasteiger partial charge on any atom is 0.316 e. The number of anilines is 3. The Morgan fingerprint density at radius 2 is 1.83 bits per heavy atom. The van der Waals surface area contributed by atoms with Crippen molar-refractivity contribution in [3.8, 4) is 0 Å². The van der Waals surface area contributed by atoms with Gasteiger partial charge in [0.2, 0.25) is 5.91 Å². The van der Waals surface area contributed by atoms with E-state index in [0.717, 1.165) is 12.1 Å². The lowest BCUT2D eigenvalue weighted by Gasteiger charge is -2.23. The molecule has 0 spiro atoms. The maximum atomic E-state index is 15.1. The molecule has 13 heteroatoms. The van der Waals surface area contributed by atoms with Crippen LogP contribution in [0.4, 0.5) is 34.6 Å². The van der Waals surface area contributed by atoms with Gasteiger partial charge in [0.05, 0.1) is 22.2 Å². The van der Waals surface area contributed by atoms with E-state index >= 15 is 4.39 Å². The number of carbonyl (C=O) groups is 3. The van der Waals surface area contributed by atoms with Gasteiger partial charge in [-0.2, -0.15) is 8.78 Å². The summed E-state index contributed by atoms with van der Waals surface area (Å²) in [6.07, 6.45) is -2.28. The molecule has 35 heavy (non-hydrogen) atoms. The number of nitrogens with zero attached hydrogens (tertiary/aromatic N) is 1. The second-order valence-corrected chi connectivity index (χ2v) is 9.40. The van der Waals surface area contributed by atoms with Gasteiger partial charge in [-0.15, -0.1) is 29.8 Å². The average molecular weight is 553 g/mol. The number of alkyl halides is 4. The van der Waals surface area contributed by atoms with Crippen LogP contribution >= 0.6 is 34.8 Å². The molecule has 0 aromatic heterocycles. The maximum absolute atomic E-state index is 15.1. The number of nitrogens with one attached hydrogen (secondary N) is 2. The minimum absolute atomic E-state index is 0.0696. The highest BCUT2D eigenvalue weighted by molar-refractivity contribution is 6.52. The molecule has 1 aliphatic carbocycles. The van der Waals surface area contributed by atoms with Gasteiger partial charge in [-0.1, -0.05) is 17.7 Å². The van der Waals surface area contributed by atoms with Gasteiger partial charge in [0.1, 0.15) is 15.8 Å². The molecule has 3 rings (SSSR count). The van der Waals surface area contributed by atoms with Gasteiger partial charge >= 0.3 is 6.43 Å². The molecule has 0 bridgehead atoms. The molecule has 0 saturated heterocycles. The van der Waals surface area contributed by atoms with Crippen LogP contribution < -0.4 is 15.5 Å². The van der Waals surface area contributed by atoms with E-state index in [9.17, 15) is 27.6 Å². The van der Waals surface area contributed by atoms with Crippen molar-refractivity contribution in [3.63, 3.8) is 0 Å². The summed E-state index contributed by atoms with van der Waals surface area (Å²) in [6, 6.07) is 5.45. The average Bonchev–Trinajstić information content (AvgIpc) is 3.44. The van der Waals surface area contributed by atoms with E-state index in [1.165, 1.54) is 18.2 Å². The summed E-state index contributed by atoms with van der Waals surface area (Å²) in [5, 5.41) is 4.62. The van der Waals surface area contributed by atoms with Crippen molar-refractivity contribution in [2.45, 2.75) is 17.2 Å². The first kappa shape index (κ1) is 26.8. The number of hydrogen-bond donors (Lipinski definition) is 2. The van der Waals surface area contributed by atoms with E-state index in [2.05, 4.69) is 17.2 Å². The molecule has 2 aromatic rings. The van der Waals surface area contributed by atoms with Crippen LogP contribution in [0.3, 0.4) is 0 Å². The molecule has 1 aliphatic rings. The topological polar surface area (TPSA) is 78.5 Å². The van der Waals surface area contributed by atoms with Gasteiger partial charge in [-0.25, -0.2) is 8.78 Å². The highest BCUT2D eigenvalue weighted by Gasteiger charge is 2.56. The molecule has 3 amide bonds. The standard InChI is InChI=1S/C22H16Cl3F4N3O3/c1-2-7-32(21(35)18(28)29)17-14(26)5-6-15(16(17)27)31-19(33)11-8-10(3-4-13(11)23)30-20(34)12-9-22(12,24)25/h2-6,8,12,18H,1,7,9H2,(H,30,34)(H,31,33)/t12-/m1/s1. The molecular formula is C22H16Cl3F4N3O3. The van der Waals surface area contributed by atoms with Crippen molar-refractivity contribution in [1.29, 1.82) is 0 Å². The number of carbonyl (C=O) groups excluding carboxylic acids is 3. The van der Waals surface area contributed by atoms with Crippen LogP contribution in [-0.4, -0.2) is 35.0 Å². The third-order valence-electron chi connectivity index (χ3n) is 4.97. The molecule has 2 aromatic carbocycles. The van der Waals surface area contributed by atoms with E-state index in [0.29, 0.717) is 6.07 Å². The van der Waals surface area contributed by atoms with Gasteiger partial charge in [0, 0.05) is 12.2 Å². The van der Waals surface area contributed by atoms with E-state index in [-0.39, 0.29) is 27.6 Å². The minimum Gasteiger partial charge on any atom is -0.326 e. The van der Waals surface area contributed by atoms with Gasteiger partial charge < -0.3 is 10.6 Å². The van der Waals surface area contributed by atoms with Crippen molar-refractivity contribution in [3.05, 3.63) is 65.2 Å². The number of rotatable bonds is 8. The Bertz CT molecular complexity index is 1210. The van der Waals surface area contributed by atoms with E-state index in [1.54, 1.807) is 0 Å². The summed E-state index contributed by atoms with van der Waals surface area (Å²) in [6.45, 7) is 2.67. The predicted molar refractivity (Wildman–Crippen MR) is 125 cm³/mol. The second-order valence-electron chi connectivity index (χ2n) is 7.45. The summed E-state index contributed by atoms with van der Waals surface area (Å²) < 4.78 is 54.2. The molecule has 1 fully saturated rings. The molecule has 0 aliphatic heterocycles. The summed E-state index contributed by atoms with van der Waals surface area (Å²) >= 11 is 17.8. The summed E-state index contributed by atoms with van der Waals surface area (Å²) in [7, 11) is 0. The Hall–Kier alpha value is -2.82. The smallest absolute Gasteiger partial charge is 0.316 e. The third-order valence-corrected chi connectivity index (χ3v) is 6.14. The lowest BCUT2D eigenvalue weighted by atomic mass is 10.1. The fourth-order valence-corrected chi connectivity index (χ4v) is 3.83. The van der Waals surface area contributed by atoms with Crippen LogP contribution in [0.5, 0.6) is 0 Å². The first-order chi connectivity index (χ1) is 16.4. The van der Waals surface area contributed by atoms with E-state index < -0.39 is 64.0 Å². The van der Waals surface area contributed by atoms with Crippen LogP contribution in [0.2, 0.25) is 5.02 Å². The predicted octanol–water partition coefficient (Wildman–Crippen LogP) is 5.79. The molecular weight excluding hydrogens is 537 g/mol. The summed E-state index contributed by atoms with van der Waals surface area (Å²) in [4.78, 5) is 36.9. The van der Waals surface area contributed by atoms with Gasteiger partial charge in [0.15, 0.2) is 5.82 Å². The number of hydrogen-bond acceptors (Lipinski definition) is 3. The SMILES string of the molecule is C=CCN(C(=O)C(F)F)c1c(F)ccc(NC(=O)c2cc(NC(=O)[C@H]3CC3(Cl)Cl)ccc2Cl)c1F. The van der Waals surface area contributed by atoms with Gasteiger partial charge in [-0.05, 0) is 36.8 Å². The van der Waals surface area contributed by atoms with Crippen LogP contribution in [0.25, 0.3) is 0 Å². The molecule has 0 heterocycles. The van der Waals surface area contributed by atoms with Crippen molar-refractivity contribution >= 4 is 69.6 Å². The molecule has 0 radical (unpaired) electrons. The highest BCUT2D eigenvalue weighted by atomic mass is 35.5. The monoisotopic (exact) mass is 551 g/mol. The number of benzene rings is 2. The molecule has 6 nitrogen and oxygen atoms in total. The third kappa shape index (κ3) is 5.88. The van der Waals surface area contributed by atoms with Crippen molar-refractivity contribution in [1.82, 2.24) is 0 Å². The number of halogens is 7. The summed E-state index contributed by atoms with van der Waals surface area (Å²) in [5.74, 6) is -6.72. The highest BCUT2D eigenvalue weighted by Crippen LogP contribution is 2.53. The van der Waals surface area contributed by atoms with Crippen LogP contribution in [0.15, 0.2) is 43.0 Å². The summed E-state index contributed by atoms with van der Waals surface area (Å²) in [5.41, 5.74) is -1.73. The van der Waals surface area contributed by atoms with Gasteiger partial charge in [0.25, 0.3) is 11.8 Å². The molecule has 1 saturated carbocycles. The van der Waals surface area contributed by atoms with E-state index in [4.69, 9.17) is 34.8 Å². The van der Waals surface area contributed by atoms with Crippen LogP contribution in [-0.2, 0) is 9.59 Å². The molecule has 2 N–H and O–H groups in total. The minimum atomic E-state index is -3.54. The first-order valence-electron chi connectivity index (χ1n) is 9.85. The van der Waals surface area contributed by atoms with E-state index in [1.807, 2.05) is 0 Å². The Kier molecular flexibility index (Phi) is 7.98.